The van der Waals surface area contributed by atoms with Crippen molar-refractivity contribution >= 4 is 32.5 Å². The molecule has 1 aromatic heterocycles. The summed E-state index contributed by atoms with van der Waals surface area (Å²) >= 11 is 0. The van der Waals surface area contributed by atoms with Crippen LogP contribution in [-0.4, -0.2) is 36.7 Å². The third kappa shape index (κ3) is 3.99. The molecular formula is C20H21N3O3S. The highest BCUT2D eigenvalue weighted by Gasteiger charge is 2.23. The molecule has 27 heavy (non-hydrogen) atoms. The molecule has 3 aromatic rings. The number of para-hydroxylation sites is 1. The second-order valence-electron chi connectivity index (χ2n) is 6.51. The number of carbonyl (C=O) groups excluding carboxylic acids is 1. The summed E-state index contributed by atoms with van der Waals surface area (Å²) in [6, 6.07) is 15.2. The highest BCUT2D eigenvalue weighted by molar-refractivity contribution is 7.89. The van der Waals surface area contributed by atoms with E-state index in [9.17, 15) is 13.2 Å². The molecule has 0 aliphatic rings. The Morgan fingerprint density at radius 1 is 1.07 bits per heavy atom. The fraction of sp³-hybridized carbons (Fsp3) is 0.200. The number of benzene rings is 2. The molecule has 1 amide bonds. The monoisotopic (exact) mass is 383 g/mol. The molecule has 0 spiro atoms. The SMILES string of the molecule is CC(C)N(C)S(=O)(=O)c1ccc(C(=O)Nc2cnc3ccccc3c2)cc1. The molecule has 1 heterocycles. The van der Waals surface area contributed by atoms with Crippen molar-refractivity contribution in [3.63, 3.8) is 0 Å². The van der Waals surface area contributed by atoms with Crippen molar-refractivity contribution in [1.82, 2.24) is 9.29 Å². The van der Waals surface area contributed by atoms with Crippen LogP contribution in [0.2, 0.25) is 0 Å². The number of hydrogen-bond acceptors (Lipinski definition) is 4. The van der Waals surface area contributed by atoms with Gasteiger partial charge in [-0.2, -0.15) is 4.31 Å². The Labute approximate surface area is 158 Å². The number of nitrogens with one attached hydrogen (secondary N) is 1. The van der Waals surface area contributed by atoms with Gasteiger partial charge in [0.25, 0.3) is 5.91 Å². The summed E-state index contributed by atoms with van der Waals surface area (Å²) in [5.74, 6) is -0.326. The lowest BCUT2D eigenvalue weighted by Crippen LogP contribution is -2.33. The zero-order valence-electron chi connectivity index (χ0n) is 15.4. The number of carbonyl (C=O) groups is 1. The molecule has 0 aliphatic carbocycles. The van der Waals surface area contributed by atoms with Crippen LogP contribution in [0.15, 0.2) is 65.7 Å². The largest absolute Gasteiger partial charge is 0.321 e. The molecule has 7 heteroatoms. The zero-order valence-corrected chi connectivity index (χ0v) is 16.2. The lowest BCUT2D eigenvalue weighted by atomic mass is 10.2. The second-order valence-corrected chi connectivity index (χ2v) is 8.51. The fourth-order valence-corrected chi connectivity index (χ4v) is 3.93. The fourth-order valence-electron chi connectivity index (χ4n) is 2.56. The molecule has 0 radical (unpaired) electrons. The van der Waals surface area contributed by atoms with Gasteiger partial charge < -0.3 is 5.32 Å². The molecular weight excluding hydrogens is 362 g/mol. The van der Waals surface area contributed by atoms with Crippen LogP contribution >= 0.6 is 0 Å². The van der Waals surface area contributed by atoms with Crippen molar-refractivity contribution in [2.45, 2.75) is 24.8 Å². The molecule has 1 N–H and O–H groups in total. The average molecular weight is 383 g/mol. The zero-order chi connectivity index (χ0) is 19.6. The van der Waals surface area contributed by atoms with E-state index in [0.717, 1.165) is 10.9 Å². The van der Waals surface area contributed by atoms with Crippen molar-refractivity contribution < 1.29 is 13.2 Å². The van der Waals surface area contributed by atoms with Crippen LogP contribution in [0.1, 0.15) is 24.2 Å². The van der Waals surface area contributed by atoms with Crippen LogP contribution in [0, 0.1) is 0 Å². The smallest absolute Gasteiger partial charge is 0.255 e. The maximum atomic E-state index is 12.5. The Bertz CT molecular complexity index is 1080. The summed E-state index contributed by atoms with van der Waals surface area (Å²) in [6.07, 6.45) is 1.59. The van der Waals surface area contributed by atoms with E-state index >= 15 is 0 Å². The van der Waals surface area contributed by atoms with Gasteiger partial charge in [0.2, 0.25) is 10.0 Å². The lowest BCUT2D eigenvalue weighted by molar-refractivity contribution is 0.102. The number of amides is 1. The molecule has 0 atom stereocenters. The number of rotatable bonds is 5. The van der Waals surface area contributed by atoms with Crippen LogP contribution in [-0.2, 0) is 10.0 Å². The van der Waals surface area contributed by atoms with Crippen LogP contribution in [0.4, 0.5) is 5.69 Å². The van der Waals surface area contributed by atoms with E-state index in [2.05, 4.69) is 10.3 Å². The average Bonchev–Trinajstić information content (AvgIpc) is 2.67. The molecule has 0 bridgehead atoms. The molecule has 3 rings (SSSR count). The van der Waals surface area contributed by atoms with Gasteiger partial charge in [0.05, 0.1) is 22.3 Å². The Kier molecular flexibility index (Phi) is 5.25. The topological polar surface area (TPSA) is 79.4 Å². The second kappa shape index (κ2) is 7.46. The Balaban J connectivity index is 1.79. The van der Waals surface area contributed by atoms with Crippen LogP contribution in [0.3, 0.4) is 0 Å². The van der Waals surface area contributed by atoms with Crippen molar-refractivity contribution in [2.75, 3.05) is 12.4 Å². The van der Waals surface area contributed by atoms with E-state index in [1.807, 2.05) is 30.3 Å². The minimum Gasteiger partial charge on any atom is -0.321 e. The Morgan fingerprint density at radius 3 is 2.41 bits per heavy atom. The number of nitrogens with zero attached hydrogens (tertiary/aromatic N) is 2. The van der Waals surface area contributed by atoms with Crippen molar-refractivity contribution in [3.8, 4) is 0 Å². The number of sulfonamides is 1. The Hall–Kier alpha value is -2.77. The minimum atomic E-state index is -3.57. The molecule has 140 valence electrons. The quantitative estimate of drug-likeness (QED) is 0.731. The predicted octanol–water partition coefficient (Wildman–Crippen LogP) is 3.52. The van der Waals surface area contributed by atoms with Gasteiger partial charge in [-0.25, -0.2) is 8.42 Å². The maximum Gasteiger partial charge on any atom is 0.255 e. The summed E-state index contributed by atoms with van der Waals surface area (Å²) in [7, 11) is -2.04. The number of anilines is 1. The normalized spacial score (nSPS) is 11.9. The first kappa shape index (κ1) is 19.0. The standard InChI is InChI=1S/C20H21N3O3S/c1-14(2)23(3)27(25,26)18-10-8-15(9-11-18)20(24)22-17-12-16-6-4-5-7-19(16)21-13-17/h4-14H,1-3H3,(H,22,24). The molecule has 0 aliphatic heterocycles. The Morgan fingerprint density at radius 2 is 1.74 bits per heavy atom. The van der Waals surface area contributed by atoms with E-state index in [4.69, 9.17) is 0 Å². The first-order valence-electron chi connectivity index (χ1n) is 8.53. The van der Waals surface area contributed by atoms with E-state index in [1.54, 1.807) is 20.0 Å². The van der Waals surface area contributed by atoms with Gasteiger partial charge in [-0.15, -0.1) is 0 Å². The van der Waals surface area contributed by atoms with Crippen LogP contribution in [0.5, 0.6) is 0 Å². The van der Waals surface area contributed by atoms with Gasteiger partial charge in [-0.1, -0.05) is 18.2 Å². The summed E-state index contributed by atoms with van der Waals surface area (Å²) in [5, 5.41) is 3.71. The predicted molar refractivity (Wildman–Crippen MR) is 106 cm³/mol. The summed E-state index contributed by atoms with van der Waals surface area (Å²) in [4.78, 5) is 16.9. The summed E-state index contributed by atoms with van der Waals surface area (Å²) < 4.78 is 26.3. The van der Waals surface area contributed by atoms with Gasteiger partial charge in [0, 0.05) is 24.0 Å². The molecule has 0 saturated carbocycles. The first-order chi connectivity index (χ1) is 12.8. The number of aromatic nitrogens is 1. The molecule has 0 fully saturated rings. The highest BCUT2D eigenvalue weighted by Crippen LogP contribution is 2.19. The minimum absolute atomic E-state index is 0.154. The molecule has 0 unspecified atom stereocenters. The van der Waals surface area contributed by atoms with Gasteiger partial charge in [-0.05, 0) is 50.2 Å². The molecule has 6 nitrogen and oxygen atoms in total. The molecule has 2 aromatic carbocycles. The van der Waals surface area contributed by atoms with Gasteiger partial charge in [0.15, 0.2) is 0 Å². The number of pyridine rings is 1. The number of hydrogen-bond donors (Lipinski definition) is 1. The lowest BCUT2D eigenvalue weighted by Gasteiger charge is -2.21. The third-order valence-corrected chi connectivity index (χ3v) is 6.42. The van der Waals surface area contributed by atoms with Gasteiger partial charge in [0.1, 0.15) is 0 Å². The van der Waals surface area contributed by atoms with Crippen molar-refractivity contribution in [1.29, 1.82) is 0 Å². The van der Waals surface area contributed by atoms with E-state index in [1.165, 1.54) is 35.6 Å². The van der Waals surface area contributed by atoms with Crippen molar-refractivity contribution in [3.05, 3.63) is 66.4 Å². The van der Waals surface area contributed by atoms with Crippen LogP contribution < -0.4 is 5.32 Å². The maximum absolute atomic E-state index is 12.5. The van der Waals surface area contributed by atoms with E-state index in [0.29, 0.717) is 11.3 Å². The van der Waals surface area contributed by atoms with E-state index in [-0.39, 0.29) is 16.8 Å². The number of fused-ring (bicyclic) bond motifs is 1. The van der Waals surface area contributed by atoms with Gasteiger partial charge >= 0.3 is 0 Å². The summed E-state index contributed by atoms with van der Waals surface area (Å²) in [6.45, 7) is 3.61. The first-order valence-corrected chi connectivity index (χ1v) is 9.97. The van der Waals surface area contributed by atoms with Crippen LogP contribution in [0.25, 0.3) is 10.9 Å². The third-order valence-electron chi connectivity index (χ3n) is 4.37. The van der Waals surface area contributed by atoms with E-state index < -0.39 is 10.0 Å². The highest BCUT2D eigenvalue weighted by atomic mass is 32.2. The van der Waals surface area contributed by atoms with Gasteiger partial charge in [-0.3, -0.25) is 9.78 Å². The van der Waals surface area contributed by atoms with Crippen molar-refractivity contribution in [2.24, 2.45) is 0 Å². The molecule has 0 saturated heterocycles. The summed E-state index contributed by atoms with van der Waals surface area (Å²) in [5.41, 5.74) is 1.79.